The lowest BCUT2D eigenvalue weighted by Crippen LogP contribution is -2.45. The van der Waals surface area contributed by atoms with E-state index in [1.807, 2.05) is 18.2 Å². The minimum atomic E-state index is -4.14. The molecule has 2 aromatic carbocycles. The molecule has 0 bridgehead atoms. The highest BCUT2D eigenvalue weighted by Gasteiger charge is 2.31. The van der Waals surface area contributed by atoms with Gasteiger partial charge in [-0.2, -0.15) is 13.2 Å². The summed E-state index contributed by atoms with van der Waals surface area (Å²) >= 11 is 0. The molecular formula is C18H22ClF3N2O. The quantitative estimate of drug-likeness (QED) is 0.839. The molecule has 0 saturated carbocycles. The lowest BCUT2D eigenvalue weighted by atomic mass is 9.96. The fraction of sp³-hybridized carbons (Fsp3) is 0.444. The van der Waals surface area contributed by atoms with Gasteiger partial charge < -0.3 is 10.4 Å². The van der Waals surface area contributed by atoms with Gasteiger partial charge in [0.15, 0.2) is 0 Å². The first kappa shape index (κ1) is 19.8. The Bertz CT molecular complexity index is 702. The maximum atomic E-state index is 12.7. The molecule has 2 N–H and O–H groups in total. The summed E-state index contributed by atoms with van der Waals surface area (Å²) < 4.78 is 38.2. The zero-order valence-electron chi connectivity index (χ0n) is 13.7. The van der Waals surface area contributed by atoms with Gasteiger partial charge in [0, 0.05) is 38.6 Å². The Balaban J connectivity index is 0.00000225. The Morgan fingerprint density at radius 3 is 2.36 bits per heavy atom. The molecule has 0 amide bonds. The fourth-order valence-corrected chi connectivity index (χ4v) is 3.31. The van der Waals surface area contributed by atoms with Crippen LogP contribution < -0.4 is 5.32 Å². The molecule has 0 aliphatic carbocycles. The van der Waals surface area contributed by atoms with Crippen molar-refractivity contribution in [3.8, 4) is 5.75 Å². The van der Waals surface area contributed by atoms with Gasteiger partial charge in [-0.3, -0.25) is 4.90 Å². The maximum absolute atomic E-state index is 12.7. The topological polar surface area (TPSA) is 35.5 Å². The van der Waals surface area contributed by atoms with Crippen molar-refractivity contribution >= 4 is 23.2 Å². The summed E-state index contributed by atoms with van der Waals surface area (Å²) in [6, 6.07) is 10.5. The number of alkyl halides is 3. The van der Waals surface area contributed by atoms with E-state index in [4.69, 9.17) is 0 Å². The molecule has 3 rings (SSSR count). The number of fused-ring (bicyclic) bond motifs is 1. The molecule has 0 unspecified atom stereocenters. The Morgan fingerprint density at radius 2 is 1.68 bits per heavy atom. The first-order chi connectivity index (χ1) is 11.4. The van der Waals surface area contributed by atoms with Gasteiger partial charge in [0.25, 0.3) is 0 Å². The molecule has 0 spiro atoms. The van der Waals surface area contributed by atoms with Crippen molar-refractivity contribution in [2.45, 2.75) is 25.1 Å². The van der Waals surface area contributed by atoms with Crippen molar-refractivity contribution in [1.29, 1.82) is 0 Å². The summed E-state index contributed by atoms with van der Waals surface area (Å²) in [5, 5.41) is 14.6. The van der Waals surface area contributed by atoms with Crippen LogP contribution in [0.2, 0.25) is 0 Å². The molecule has 0 aromatic heterocycles. The van der Waals surface area contributed by atoms with E-state index >= 15 is 0 Å². The van der Waals surface area contributed by atoms with Crippen LogP contribution in [-0.2, 0) is 0 Å². The van der Waals surface area contributed by atoms with Crippen LogP contribution in [0.3, 0.4) is 0 Å². The number of piperazine rings is 1. The molecule has 2 aromatic rings. The van der Waals surface area contributed by atoms with E-state index < -0.39 is 12.6 Å². The summed E-state index contributed by atoms with van der Waals surface area (Å²) in [5.41, 5.74) is 0.902. The van der Waals surface area contributed by atoms with Crippen LogP contribution in [-0.4, -0.2) is 42.4 Å². The van der Waals surface area contributed by atoms with Gasteiger partial charge in [0.2, 0.25) is 0 Å². The molecule has 1 atom stereocenters. The summed E-state index contributed by atoms with van der Waals surface area (Å²) in [6.07, 6.45) is -4.86. The summed E-state index contributed by atoms with van der Waals surface area (Å²) in [7, 11) is 0. The van der Waals surface area contributed by atoms with Crippen LogP contribution in [0.25, 0.3) is 10.8 Å². The molecule has 1 fully saturated rings. The van der Waals surface area contributed by atoms with Crippen LogP contribution in [0.1, 0.15) is 24.4 Å². The predicted octanol–water partition coefficient (Wildman–Crippen LogP) is 4.26. The zero-order valence-corrected chi connectivity index (χ0v) is 14.5. The van der Waals surface area contributed by atoms with Gasteiger partial charge >= 0.3 is 6.18 Å². The van der Waals surface area contributed by atoms with Gasteiger partial charge in [-0.05, 0) is 41.0 Å². The van der Waals surface area contributed by atoms with E-state index in [9.17, 15) is 18.3 Å². The van der Waals surface area contributed by atoms with Gasteiger partial charge in [-0.1, -0.05) is 18.2 Å². The zero-order chi connectivity index (χ0) is 17.2. The Morgan fingerprint density at radius 1 is 1.04 bits per heavy atom. The standard InChI is InChI=1S/C18H21F3N2O.ClH/c19-18(20,21)6-5-17(23-9-7-22-8-10-23)15-2-1-14-12-16(24)4-3-13(14)11-15;/h1-4,11-12,17,22,24H,5-10H2;1H/t17-;/m0./s1. The van der Waals surface area contributed by atoms with E-state index in [0.717, 1.165) is 42.5 Å². The number of phenolic OH excluding ortho intramolecular Hbond substituents is 1. The lowest BCUT2D eigenvalue weighted by Gasteiger charge is -2.35. The van der Waals surface area contributed by atoms with Crippen molar-refractivity contribution in [3.05, 3.63) is 42.0 Å². The number of rotatable bonds is 4. The van der Waals surface area contributed by atoms with Crippen LogP contribution in [0.5, 0.6) is 5.75 Å². The summed E-state index contributed by atoms with van der Waals surface area (Å²) in [5.74, 6) is 0.186. The molecular weight excluding hydrogens is 353 g/mol. The molecule has 7 heteroatoms. The monoisotopic (exact) mass is 374 g/mol. The Kier molecular flexibility index (Phi) is 6.54. The second-order valence-corrected chi connectivity index (χ2v) is 6.25. The molecule has 1 heterocycles. The van der Waals surface area contributed by atoms with Crippen molar-refractivity contribution in [1.82, 2.24) is 10.2 Å². The highest BCUT2D eigenvalue weighted by Crippen LogP contribution is 2.33. The fourth-order valence-electron chi connectivity index (χ4n) is 3.31. The molecule has 1 aliphatic rings. The maximum Gasteiger partial charge on any atom is 0.389 e. The van der Waals surface area contributed by atoms with E-state index in [1.165, 1.54) is 0 Å². The first-order valence-electron chi connectivity index (χ1n) is 8.16. The van der Waals surface area contributed by atoms with Crippen LogP contribution in [0.15, 0.2) is 36.4 Å². The molecule has 1 aliphatic heterocycles. The van der Waals surface area contributed by atoms with Crippen molar-refractivity contribution in [2.24, 2.45) is 0 Å². The van der Waals surface area contributed by atoms with Gasteiger partial charge in [-0.15, -0.1) is 12.4 Å². The number of hydrogen-bond acceptors (Lipinski definition) is 3. The number of halogens is 4. The minimum Gasteiger partial charge on any atom is -0.508 e. The minimum absolute atomic E-state index is 0. The normalized spacial score (nSPS) is 17.2. The third-order valence-electron chi connectivity index (χ3n) is 4.53. The largest absolute Gasteiger partial charge is 0.508 e. The smallest absolute Gasteiger partial charge is 0.389 e. The van der Waals surface area contributed by atoms with Gasteiger partial charge in [-0.25, -0.2) is 0 Å². The average Bonchev–Trinajstić information content (AvgIpc) is 2.55. The van der Waals surface area contributed by atoms with E-state index in [1.54, 1.807) is 18.2 Å². The predicted molar refractivity (Wildman–Crippen MR) is 95.3 cm³/mol. The van der Waals surface area contributed by atoms with Crippen LogP contribution >= 0.6 is 12.4 Å². The lowest BCUT2D eigenvalue weighted by molar-refractivity contribution is -0.138. The summed E-state index contributed by atoms with van der Waals surface area (Å²) in [6.45, 7) is 3.08. The van der Waals surface area contributed by atoms with Crippen molar-refractivity contribution in [2.75, 3.05) is 26.2 Å². The number of nitrogens with one attached hydrogen (secondary N) is 1. The highest BCUT2D eigenvalue weighted by molar-refractivity contribution is 5.85. The average molecular weight is 375 g/mol. The second kappa shape index (κ2) is 8.25. The molecule has 138 valence electrons. The number of phenols is 1. The van der Waals surface area contributed by atoms with Crippen molar-refractivity contribution < 1.29 is 18.3 Å². The molecule has 3 nitrogen and oxygen atoms in total. The third kappa shape index (κ3) is 5.23. The van der Waals surface area contributed by atoms with Crippen LogP contribution in [0, 0.1) is 0 Å². The molecule has 0 radical (unpaired) electrons. The third-order valence-corrected chi connectivity index (χ3v) is 4.53. The number of aromatic hydroxyl groups is 1. The number of nitrogens with zero attached hydrogens (tertiary/aromatic N) is 1. The van der Waals surface area contributed by atoms with Gasteiger partial charge in [0.1, 0.15) is 5.75 Å². The van der Waals surface area contributed by atoms with E-state index in [2.05, 4.69) is 10.2 Å². The Hall–Kier alpha value is -1.50. The van der Waals surface area contributed by atoms with Gasteiger partial charge in [0.05, 0.1) is 0 Å². The first-order valence-corrected chi connectivity index (χ1v) is 8.16. The van der Waals surface area contributed by atoms with Crippen LogP contribution in [0.4, 0.5) is 13.2 Å². The van der Waals surface area contributed by atoms with E-state index in [0.29, 0.717) is 0 Å². The number of benzene rings is 2. The number of hydrogen-bond donors (Lipinski definition) is 2. The SMILES string of the molecule is Cl.Oc1ccc2cc([C@H](CCC(F)(F)F)N3CCNCC3)ccc2c1. The molecule has 1 saturated heterocycles. The Labute approximate surface area is 151 Å². The van der Waals surface area contributed by atoms with Crippen molar-refractivity contribution in [3.63, 3.8) is 0 Å². The highest BCUT2D eigenvalue weighted by atomic mass is 35.5. The summed E-state index contributed by atoms with van der Waals surface area (Å²) in [4.78, 5) is 2.13. The second-order valence-electron chi connectivity index (χ2n) is 6.25. The van der Waals surface area contributed by atoms with E-state index in [-0.39, 0.29) is 30.6 Å². The molecule has 25 heavy (non-hydrogen) atoms.